The molecule has 1 N–H and O–H groups in total. The molecular weight excluding hydrogens is 418 g/mol. The van der Waals surface area contributed by atoms with Gasteiger partial charge in [-0.25, -0.2) is 0 Å². The molecule has 0 fully saturated rings. The molecule has 0 spiro atoms. The smallest absolute Gasteiger partial charge is 0.266 e. The highest BCUT2D eigenvalue weighted by Gasteiger charge is 2.17. The fourth-order valence-corrected chi connectivity index (χ4v) is 3.12. The summed E-state index contributed by atoms with van der Waals surface area (Å²) in [5.74, 6) is 1.10. The lowest BCUT2D eigenvalue weighted by molar-refractivity contribution is -0.122. The molecule has 1 unspecified atom stereocenters. The molecule has 3 aromatic rings. The summed E-state index contributed by atoms with van der Waals surface area (Å²) in [5, 5.41) is 12.0. The van der Waals surface area contributed by atoms with Crippen LogP contribution >= 0.6 is 27.3 Å². The largest absolute Gasteiger partial charge is 0.497 e. The third-order valence-electron chi connectivity index (χ3n) is 3.49. The third kappa shape index (κ3) is 4.59. The molecule has 1 atom stereocenters. The summed E-state index contributed by atoms with van der Waals surface area (Å²) in [6.45, 7) is 1.68. The van der Waals surface area contributed by atoms with Gasteiger partial charge in [0.2, 0.25) is 5.13 Å². The molecule has 1 heterocycles. The fourth-order valence-electron chi connectivity index (χ4n) is 2.10. The predicted octanol–water partition coefficient (Wildman–Crippen LogP) is 4.38. The van der Waals surface area contributed by atoms with Crippen LogP contribution in [-0.2, 0) is 4.79 Å². The van der Waals surface area contributed by atoms with Gasteiger partial charge in [0, 0.05) is 10.0 Å². The van der Waals surface area contributed by atoms with E-state index >= 15 is 0 Å². The number of hydrogen-bond donors (Lipinski definition) is 1. The third-order valence-corrected chi connectivity index (χ3v) is 4.90. The summed E-state index contributed by atoms with van der Waals surface area (Å²) in [6.07, 6.45) is -0.662. The van der Waals surface area contributed by atoms with Gasteiger partial charge in [-0.1, -0.05) is 27.3 Å². The lowest BCUT2D eigenvalue weighted by Crippen LogP contribution is -2.30. The van der Waals surface area contributed by atoms with Crippen LogP contribution in [0.25, 0.3) is 10.6 Å². The molecule has 26 heavy (non-hydrogen) atoms. The van der Waals surface area contributed by atoms with Crippen LogP contribution < -0.4 is 14.8 Å². The van der Waals surface area contributed by atoms with Gasteiger partial charge in [-0.05, 0) is 55.5 Å². The minimum atomic E-state index is -0.662. The van der Waals surface area contributed by atoms with E-state index in [9.17, 15) is 4.79 Å². The molecule has 2 aromatic carbocycles. The molecule has 1 amide bonds. The van der Waals surface area contributed by atoms with Crippen molar-refractivity contribution in [3.8, 4) is 22.1 Å². The van der Waals surface area contributed by atoms with Gasteiger partial charge >= 0.3 is 0 Å². The number of amides is 1. The van der Waals surface area contributed by atoms with Crippen molar-refractivity contribution in [3.63, 3.8) is 0 Å². The van der Waals surface area contributed by atoms with Crippen molar-refractivity contribution >= 4 is 38.3 Å². The van der Waals surface area contributed by atoms with Crippen molar-refractivity contribution in [2.45, 2.75) is 13.0 Å². The van der Waals surface area contributed by atoms with Gasteiger partial charge in [0.25, 0.3) is 5.91 Å². The number of nitrogens with zero attached hydrogens (tertiary/aromatic N) is 2. The number of methoxy groups -OCH3 is 1. The second-order valence-electron chi connectivity index (χ2n) is 5.34. The van der Waals surface area contributed by atoms with Gasteiger partial charge in [0.05, 0.1) is 7.11 Å². The van der Waals surface area contributed by atoms with Crippen molar-refractivity contribution in [1.29, 1.82) is 0 Å². The zero-order valence-corrected chi connectivity index (χ0v) is 16.5. The number of anilines is 1. The Kier molecular flexibility index (Phi) is 5.85. The van der Waals surface area contributed by atoms with Crippen LogP contribution in [0.2, 0.25) is 0 Å². The Morgan fingerprint density at radius 2 is 1.73 bits per heavy atom. The van der Waals surface area contributed by atoms with Crippen LogP contribution in [0.15, 0.2) is 53.0 Å². The Hall–Kier alpha value is -2.45. The molecule has 1 aromatic heterocycles. The summed E-state index contributed by atoms with van der Waals surface area (Å²) in [6, 6.07) is 14.8. The normalized spacial score (nSPS) is 11.7. The van der Waals surface area contributed by atoms with E-state index in [-0.39, 0.29) is 5.91 Å². The van der Waals surface area contributed by atoms with Crippen molar-refractivity contribution in [1.82, 2.24) is 10.2 Å². The zero-order chi connectivity index (χ0) is 18.5. The number of carbonyl (C=O) groups excluding carboxylic acids is 1. The summed E-state index contributed by atoms with van der Waals surface area (Å²) < 4.78 is 11.7. The molecule has 0 radical (unpaired) electrons. The Morgan fingerprint density at radius 3 is 2.38 bits per heavy atom. The van der Waals surface area contributed by atoms with E-state index in [0.29, 0.717) is 15.9 Å². The lowest BCUT2D eigenvalue weighted by atomic mass is 10.2. The Bertz CT molecular complexity index is 881. The van der Waals surface area contributed by atoms with Crippen molar-refractivity contribution in [2.24, 2.45) is 0 Å². The van der Waals surface area contributed by atoms with Gasteiger partial charge in [0.15, 0.2) is 6.10 Å². The predicted molar refractivity (Wildman–Crippen MR) is 105 cm³/mol. The average molecular weight is 434 g/mol. The van der Waals surface area contributed by atoms with E-state index in [1.807, 2.05) is 36.4 Å². The van der Waals surface area contributed by atoms with Crippen LogP contribution in [0.5, 0.6) is 11.5 Å². The van der Waals surface area contributed by atoms with E-state index in [2.05, 4.69) is 31.4 Å². The monoisotopic (exact) mass is 433 g/mol. The molecule has 0 saturated heterocycles. The zero-order valence-electron chi connectivity index (χ0n) is 14.1. The van der Waals surface area contributed by atoms with Crippen LogP contribution in [0.3, 0.4) is 0 Å². The van der Waals surface area contributed by atoms with Crippen molar-refractivity contribution < 1.29 is 14.3 Å². The minimum Gasteiger partial charge on any atom is -0.497 e. The van der Waals surface area contributed by atoms with E-state index in [1.165, 1.54) is 11.3 Å². The van der Waals surface area contributed by atoms with Crippen LogP contribution in [-0.4, -0.2) is 29.3 Å². The highest BCUT2D eigenvalue weighted by Crippen LogP contribution is 2.28. The minimum absolute atomic E-state index is 0.287. The molecule has 8 heteroatoms. The maximum absolute atomic E-state index is 12.3. The molecule has 0 aliphatic carbocycles. The summed E-state index contributed by atoms with van der Waals surface area (Å²) in [7, 11) is 1.62. The number of rotatable bonds is 6. The Balaban J connectivity index is 1.62. The first-order valence-corrected chi connectivity index (χ1v) is 9.37. The molecule has 134 valence electrons. The number of nitrogens with one attached hydrogen (secondary N) is 1. The number of aromatic nitrogens is 2. The highest BCUT2D eigenvalue weighted by molar-refractivity contribution is 9.10. The van der Waals surface area contributed by atoms with Crippen LogP contribution in [0.1, 0.15) is 6.92 Å². The fraction of sp³-hybridized carbons (Fsp3) is 0.167. The van der Waals surface area contributed by atoms with E-state index in [0.717, 1.165) is 15.8 Å². The first kappa shape index (κ1) is 18.3. The lowest BCUT2D eigenvalue weighted by Gasteiger charge is -2.13. The maximum atomic E-state index is 12.3. The molecule has 0 bridgehead atoms. The maximum Gasteiger partial charge on any atom is 0.266 e. The first-order valence-electron chi connectivity index (χ1n) is 7.76. The van der Waals surface area contributed by atoms with Crippen molar-refractivity contribution in [3.05, 3.63) is 53.0 Å². The Morgan fingerprint density at radius 1 is 1.08 bits per heavy atom. The number of halogens is 1. The van der Waals surface area contributed by atoms with Gasteiger partial charge in [0.1, 0.15) is 16.5 Å². The van der Waals surface area contributed by atoms with Gasteiger partial charge in [-0.3, -0.25) is 10.1 Å². The molecule has 0 saturated carbocycles. The Labute approximate surface area is 163 Å². The second-order valence-corrected chi connectivity index (χ2v) is 7.24. The van der Waals surface area contributed by atoms with E-state index in [4.69, 9.17) is 9.47 Å². The summed E-state index contributed by atoms with van der Waals surface area (Å²) in [5.41, 5.74) is 0.906. The van der Waals surface area contributed by atoms with Crippen molar-refractivity contribution in [2.75, 3.05) is 12.4 Å². The quantitative estimate of drug-likeness (QED) is 0.623. The number of hydrogen-bond acceptors (Lipinski definition) is 6. The topological polar surface area (TPSA) is 73.3 Å². The molecule has 0 aliphatic heterocycles. The standard InChI is InChI=1S/C18H16BrN3O3S/c1-11(25-15-9-5-13(19)6-10-15)16(23)20-18-22-21-17(26-18)12-3-7-14(24-2)8-4-12/h3-11H,1-2H3,(H,20,22,23). The van der Waals surface area contributed by atoms with E-state index in [1.54, 1.807) is 26.2 Å². The molecular formula is C18H16BrN3O3S. The SMILES string of the molecule is COc1ccc(-c2nnc(NC(=O)C(C)Oc3ccc(Br)cc3)s2)cc1. The first-order chi connectivity index (χ1) is 12.5. The summed E-state index contributed by atoms with van der Waals surface area (Å²) in [4.78, 5) is 12.3. The summed E-state index contributed by atoms with van der Waals surface area (Å²) >= 11 is 4.66. The number of ether oxygens (including phenoxy) is 2. The highest BCUT2D eigenvalue weighted by atomic mass is 79.9. The second kappa shape index (κ2) is 8.29. The van der Waals surface area contributed by atoms with Crippen LogP contribution in [0, 0.1) is 0 Å². The average Bonchev–Trinajstić information content (AvgIpc) is 3.12. The van der Waals surface area contributed by atoms with Gasteiger partial charge < -0.3 is 9.47 Å². The van der Waals surface area contributed by atoms with Gasteiger partial charge in [-0.15, -0.1) is 10.2 Å². The molecule has 6 nitrogen and oxygen atoms in total. The van der Waals surface area contributed by atoms with E-state index < -0.39 is 6.10 Å². The number of benzene rings is 2. The number of carbonyl (C=O) groups is 1. The molecule has 3 rings (SSSR count). The van der Waals surface area contributed by atoms with Crippen LogP contribution in [0.4, 0.5) is 5.13 Å². The molecule has 0 aliphatic rings. The van der Waals surface area contributed by atoms with Gasteiger partial charge in [-0.2, -0.15) is 0 Å².